The van der Waals surface area contributed by atoms with Gasteiger partial charge in [0, 0.05) is 8.95 Å². The number of rotatable bonds is 10. The van der Waals surface area contributed by atoms with Crippen molar-refractivity contribution in [1.82, 2.24) is 4.57 Å². The maximum Gasteiger partial charge on any atom is 0.338 e. The van der Waals surface area contributed by atoms with E-state index in [1.165, 1.54) is 30.1 Å². The molecule has 2 heterocycles. The van der Waals surface area contributed by atoms with Crippen molar-refractivity contribution in [3.8, 4) is 23.0 Å². The van der Waals surface area contributed by atoms with Crippen molar-refractivity contribution in [2.24, 2.45) is 4.99 Å². The number of hydrogen-bond acceptors (Lipinski definition) is 9. The molecular formula is C33H30Br2N2O7S. The zero-order valence-corrected chi connectivity index (χ0v) is 29.2. The number of carbonyl (C=O) groups excluding carboxylic acids is 1. The van der Waals surface area contributed by atoms with Crippen LogP contribution in [0.15, 0.2) is 84.6 Å². The number of allylic oxidation sites excluding steroid dienone is 1. The number of fused-ring (bicyclic) bond motifs is 1. The Morgan fingerprint density at radius 3 is 2.29 bits per heavy atom. The van der Waals surface area contributed by atoms with Crippen molar-refractivity contribution in [3.05, 3.63) is 111 Å². The van der Waals surface area contributed by atoms with Gasteiger partial charge in [0.1, 0.15) is 6.61 Å². The van der Waals surface area contributed by atoms with E-state index in [-0.39, 0.29) is 17.7 Å². The van der Waals surface area contributed by atoms with Crippen LogP contribution in [0.1, 0.15) is 36.6 Å². The minimum absolute atomic E-state index is 0.171. The Hall–Kier alpha value is -3.87. The Balaban J connectivity index is 1.59. The smallest absolute Gasteiger partial charge is 0.338 e. The summed E-state index contributed by atoms with van der Waals surface area (Å²) in [6.45, 7) is 4.01. The summed E-state index contributed by atoms with van der Waals surface area (Å²) in [7, 11) is 4.64. The van der Waals surface area contributed by atoms with Gasteiger partial charge in [-0.2, -0.15) is 0 Å². The highest BCUT2D eigenvalue weighted by Gasteiger charge is 2.35. The summed E-state index contributed by atoms with van der Waals surface area (Å²) >= 11 is 8.30. The number of carbonyl (C=O) groups is 1. The predicted octanol–water partition coefficient (Wildman–Crippen LogP) is 5.93. The third-order valence-corrected chi connectivity index (χ3v) is 9.31. The number of esters is 1. The normalized spacial score (nSPS) is 14.5. The molecule has 0 bridgehead atoms. The SMILES string of the molecule is CCOC(=O)C1=C(C)N=c2s/c(=C\c3ccc(OCc4ccc(Br)cc4)c(OC)c3)c(=O)n2[C@@H]1c1cc(OC)c(OC)cc1Br. The molecule has 5 rings (SSSR count). The first-order valence-electron chi connectivity index (χ1n) is 13.8. The number of nitrogens with zero attached hydrogens (tertiary/aromatic N) is 2. The number of methoxy groups -OCH3 is 3. The minimum atomic E-state index is -0.833. The fourth-order valence-electron chi connectivity index (χ4n) is 4.95. The van der Waals surface area contributed by atoms with Crippen LogP contribution in [0.5, 0.6) is 23.0 Å². The van der Waals surface area contributed by atoms with E-state index < -0.39 is 12.0 Å². The molecule has 0 amide bonds. The summed E-state index contributed by atoms with van der Waals surface area (Å²) in [5.41, 5.74) is 2.78. The van der Waals surface area contributed by atoms with E-state index in [9.17, 15) is 9.59 Å². The summed E-state index contributed by atoms with van der Waals surface area (Å²) in [5, 5.41) is 0. The number of aromatic nitrogens is 1. The number of halogens is 2. The van der Waals surface area contributed by atoms with Crippen LogP contribution in [0.4, 0.5) is 0 Å². The van der Waals surface area contributed by atoms with Gasteiger partial charge >= 0.3 is 5.97 Å². The Morgan fingerprint density at radius 2 is 1.62 bits per heavy atom. The second-order valence-electron chi connectivity index (χ2n) is 9.86. The van der Waals surface area contributed by atoms with Gasteiger partial charge in [0.25, 0.3) is 5.56 Å². The van der Waals surface area contributed by atoms with Crippen molar-refractivity contribution in [1.29, 1.82) is 0 Å². The number of ether oxygens (including phenoxy) is 5. The molecule has 1 aliphatic rings. The van der Waals surface area contributed by atoms with Crippen molar-refractivity contribution < 1.29 is 28.5 Å². The molecule has 0 fully saturated rings. The molecule has 0 saturated carbocycles. The quantitative estimate of drug-likeness (QED) is 0.185. The largest absolute Gasteiger partial charge is 0.493 e. The second kappa shape index (κ2) is 14.1. The molecule has 1 aromatic heterocycles. The Morgan fingerprint density at radius 1 is 0.956 bits per heavy atom. The van der Waals surface area contributed by atoms with Crippen LogP contribution in [0, 0.1) is 0 Å². The van der Waals surface area contributed by atoms with Crippen LogP contribution < -0.4 is 33.8 Å². The molecule has 1 atom stereocenters. The van der Waals surface area contributed by atoms with Gasteiger partial charge in [-0.3, -0.25) is 9.36 Å². The standard InChI is InChI=1S/C33H30Br2N2O7S/c1-6-43-32(39)29-18(2)36-33-37(30(29)22-15-26(41-4)27(42-5)16-23(22)35)31(38)28(45-33)14-20-9-12-24(25(13-20)40-3)44-17-19-7-10-21(34)11-8-19/h7-16,30H,6,17H2,1-5H3/b28-14-/t30-/m1/s1. The van der Waals surface area contributed by atoms with E-state index in [1.807, 2.05) is 42.5 Å². The molecule has 1 aliphatic heterocycles. The average Bonchev–Trinajstić information content (AvgIpc) is 3.33. The molecule has 0 spiro atoms. The molecule has 0 N–H and O–H groups in total. The van der Waals surface area contributed by atoms with Gasteiger partial charge in [0.05, 0.1) is 49.8 Å². The predicted molar refractivity (Wildman–Crippen MR) is 179 cm³/mol. The lowest BCUT2D eigenvalue weighted by atomic mass is 9.95. The highest BCUT2D eigenvalue weighted by atomic mass is 79.9. The van der Waals surface area contributed by atoms with Crippen molar-refractivity contribution >= 4 is 55.2 Å². The molecule has 0 unspecified atom stereocenters. The van der Waals surface area contributed by atoms with Crippen LogP contribution >= 0.6 is 43.2 Å². The summed E-state index contributed by atoms with van der Waals surface area (Å²) in [6, 6.07) is 16.0. The van der Waals surface area contributed by atoms with Crippen molar-refractivity contribution in [3.63, 3.8) is 0 Å². The topological polar surface area (TPSA) is 97.6 Å². The van der Waals surface area contributed by atoms with Crippen LogP contribution in [-0.2, 0) is 16.1 Å². The fourth-order valence-corrected chi connectivity index (χ4v) is 6.80. The Labute approximate surface area is 280 Å². The van der Waals surface area contributed by atoms with E-state index in [2.05, 4.69) is 36.9 Å². The maximum atomic E-state index is 14.1. The molecule has 0 radical (unpaired) electrons. The average molecular weight is 758 g/mol. The lowest BCUT2D eigenvalue weighted by molar-refractivity contribution is -0.139. The zero-order valence-electron chi connectivity index (χ0n) is 25.2. The first-order valence-corrected chi connectivity index (χ1v) is 16.3. The zero-order chi connectivity index (χ0) is 32.2. The lowest BCUT2D eigenvalue weighted by Crippen LogP contribution is -2.40. The number of thiazole rings is 1. The molecule has 0 aliphatic carbocycles. The Kier molecular flexibility index (Phi) is 10.2. The van der Waals surface area contributed by atoms with Gasteiger partial charge in [0.15, 0.2) is 27.8 Å². The van der Waals surface area contributed by atoms with Gasteiger partial charge in [0.2, 0.25) is 0 Å². The van der Waals surface area contributed by atoms with E-state index in [4.69, 9.17) is 23.7 Å². The van der Waals surface area contributed by atoms with Crippen LogP contribution in [0.3, 0.4) is 0 Å². The van der Waals surface area contributed by atoms with Crippen molar-refractivity contribution in [2.45, 2.75) is 26.5 Å². The van der Waals surface area contributed by atoms with Crippen LogP contribution in [-0.4, -0.2) is 38.5 Å². The van der Waals surface area contributed by atoms with E-state index in [1.54, 1.807) is 39.2 Å². The van der Waals surface area contributed by atoms with Gasteiger partial charge < -0.3 is 23.7 Å². The first kappa shape index (κ1) is 32.5. The fraction of sp³-hybridized carbons (Fsp3) is 0.242. The highest BCUT2D eigenvalue weighted by molar-refractivity contribution is 9.10. The number of benzene rings is 3. The Bertz CT molecular complexity index is 1970. The van der Waals surface area contributed by atoms with Crippen LogP contribution in [0.2, 0.25) is 0 Å². The summed E-state index contributed by atoms with van der Waals surface area (Å²) in [4.78, 5) is 32.5. The molecular weight excluding hydrogens is 728 g/mol. The summed E-state index contributed by atoms with van der Waals surface area (Å²) in [5.74, 6) is 1.50. The second-order valence-corrected chi connectivity index (χ2v) is 12.6. The lowest BCUT2D eigenvalue weighted by Gasteiger charge is -2.26. The van der Waals surface area contributed by atoms with Gasteiger partial charge in [-0.15, -0.1) is 0 Å². The van der Waals surface area contributed by atoms with E-state index in [0.29, 0.717) is 54.7 Å². The summed E-state index contributed by atoms with van der Waals surface area (Å²) in [6.07, 6.45) is 1.77. The van der Waals surface area contributed by atoms with Gasteiger partial charge in [-0.05, 0) is 73.0 Å². The third kappa shape index (κ3) is 6.73. The van der Waals surface area contributed by atoms with Gasteiger partial charge in [-0.1, -0.05) is 61.4 Å². The molecule has 45 heavy (non-hydrogen) atoms. The monoisotopic (exact) mass is 756 g/mol. The van der Waals surface area contributed by atoms with Crippen molar-refractivity contribution in [2.75, 3.05) is 27.9 Å². The number of hydrogen-bond donors (Lipinski definition) is 0. The molecule has 12 heteroatoms. The van der Waals surface area contributed by atoms with Gasteiger partial charge in [-0.25, -0.2) is 9.79 Å². The maximum absolute atomic E-state index is 14.1. The molecule has 4 aromatic rings. The third-order valence-electron chi connectivity index (χ3n) is 7.11. The first-order chi connectivity index (χ1) is 21.7. The summed E-state index contributed by atoms with van der Waals surface area (Å²) < 4.78 is 31.6. The highest BCUT2D eigenvalue weighted by Crippen LogP contribution is 2.41. The molecule has 9 nitrogen and oxygen atoms in total. The van der Waals surface area contributed by atoms with E-state index in [0.717, 1.165) is 15.6 Å². The van der Waals surface area contributed by atoms with Crippen LogP contribution in [0.25, 0.3) is 6.08 Å². The molecule has 3 aromatic carbocycles. The van der Waals surface area contributed by atoms with E-state index >= 15 is 0 Å². The molecule has 0 saturated heterocycles. The minimum Gasteiger partial charge on any atom is -0.493 e. The molecule has 234 valence electrons.